The zero-order chi connectivity index (χ0) is 16.5. The van der Waals surface area contributed by atoms with E-state index in [4.69, 9.17) is 21.1 Å². The lowest BCUT2D eigenvalue weighted by Crippen LogP contribution is -2.39. The fraction of sp³-hybridized carbons (Fsp3) is 0.562. The molecule has 1 aromatic rings. The summed E-state index contributed by atoms with van der Waals surface area (Å²) >= 11 is 5.86. The van der Waals surface area contributed by atoms with Crippen molar-refractivity contribution in [1.29, 1.82) is 0 Å². The minimum absolute atomic E-state index is 0.0460. The second-order valence-corrected chi connectivity index (χ2v) is 6.86. The van der Waals surface area contributed by atoms with Gasteiger partial charge in [0.05, 0.1) is 11.6 Å². The Morgan fingerprint density at radius 3 is 2.68 bits per heavy atom. The molecule has 22 heavy (non-hydrogen) atoms. The van der Waals surface area contributed by atoms with Gasteiger partial charge in [0.15, 0.2) is 0 Å². The monoisotopic (exact) mass is 329 g/mol. The van der Waals surface area contributed by atoms with E-state index in [1.54, 1.807) is 32.9 Å². The molecule has 1 fully saturated rings. The van der Waals surface area contributed by atoms with Gasteiger partial charge >= 0.3 is 6.09 Å². The molecular weight excluding hydrogens is 309 g/mol. The van der Waals surface area contributed by atoms with E-state index in [1.165, 1.54) is 18.1 Å². The van der Waals surface area contributed by atoms with Gasteiger partial charge in [-0.05, 0) is 26.8 Å². The third-order valence-corrected chi connectivity index (χ3v) is 4.01. The van der Waals surface area contributed by atoms with Gasteiger partial charge in [-0.15, -0.1) is 0 Å². The average molecular weight is 330 g/mol. The van der Waals surface area contributed by atoms with Crippen molar-refractivity contribution < 1.29 is 18.7 Å². The van der Waals surface area contributed by atoms with Crippen LogP contribution in [0.5, 0.6) is 0 Å². The van der Waals surface area contributed by atoms with Gasteiger partial charge in [0, 0.05) is 25.6 Å². The van der Waals surface area contributed by atoms with E-state index in [0.29, 0.717) is 18.5 Å². The Morgan fingerprint density at radius 1 is 1.41 bits per heavy atom. The molecule has 0 spiro atoms. The Balaban J connectivity index is 2.24. The van der Waals surface area contributed by atoms with Crippen LogP contribution in [0.25, 0.3) is 0 Å². The maximum Gasteiger partial charge on any atom is 0.410 e. The first-order valence-corrected chi connectivity index (χ1v) is 7.54. The Morgan fingerprint density at radius 2 is 2.09 bits per heavy atom. The van der Waals surface area contributed by atoms with Crippen LogP contribution in [0.3, 0.4) is 0 Å². The molecule has 1 amide bonds. The van der Waals surface area contributed by atoms with Crippen LogP contribution in [0.1, 0.15) is 32.8 Å². The number of hydrogen-bond acceptors (Lipinski definition) is 3. The molecule has 0 saturated carbocycles. The number of carbonyl (C=O) groups excluding carboxylic acids is 1. The summed E-state index contributed by atoms with van der Waals surface area (Å²) in [6, 6.07) is 4.81. The zero-order valence-corrected chi connectivity index (χ0v) is 14.0. The zero-order valence-electron chi connectivity index (χ0n) is 13.3. The standard InChI is InChI=1S/C16H21ClFNO3/c1-15(2,3)22-14(20)19-9-8-16(10-19,21-4)11-6-5-7-12(17)13(11)18/h5-7H,8-10H2,1-4H3/t16-/m0/s1. The van der Waals surface area contributed by atoms with E-state index in [2.05, 4.69) is 0 Å². The number of benzene rings is 1. The minimum atomic E-state index is -0.897. The number of hydrogen-bond donors (Lipinski definition) is 0. The lowest BCUT2D eigenvalue weighted by atomic mass is 9.92. The predicted octanol–water partition coefficient (Wildman–Crippen LogP) is 3.96. The molecule has 0 radical (unpaired) electrons. The Bertz CT molecular complexity index is 573. The molecule has 6 heteroatoms. The maximum absolute atomic E-state index is 14.3. The summed E-state index contributed by atoms with van der Waals surface area (Å²) < 4.78 is 25.3. The molecule has 1 heterocycles. The molecule has 0 aromatic heterocycles. The highest BCUT2D eigenvalue weighted by Gasteiger charge is 2.44. The number of halogens is 2. The lowest BCUT2D eigenvalue weighted by molar-refractivity contribution is -0.0152. The highest BCUT2D eigenvalue weighted by molar-refractivity contribution is 6.30. The van der Waals surface area contributed by atoms with Crippen LogP contribution in [0, 0.1) is 5.82 Å². The van der Waals surface area contributed by atoms with Crippen LogP contribution >= 0.6 is 11.6 Å². The van der Waals surface area contributed by atoms with Crippen LogP contribution in [0.2, 0.25) is 5.02 Å². The van der Waals surface area contributed by atoms with Gasteiger partial charge in [-0.3, -0.25) is 0 Å². The van der Waals surface area contributed by atoms with Crippen LogP contribution in [0.4, 0.5) is 9.18 Å². The molecule has 2 rings (SSSR count). The Labute approximate surface area is 135 Å². The topological polar surface area (TPSA) is 38.8 Å². The first kappa shape index (κ1) is 17.0. The summed E-state index contributed by atoms with van der Waals surface area (Å²) in [6.45, 7) is 6.09. The molecule has 1 aromatic carbocycles. The Hall–Kier alpha value is -1.33. The van der Waals surface area contributed by atoms with Crippen molar-refractivity contribution in [2.45, 2.75) is 38.4 Å². The Kier molecular flexibility index (Phi) is 4.68. The normalized spacial score (nSPS) is 22.0. The number of carbonyl (C=O) groups is 1. The smallest absolute Gasteiger partial charge is 0.410 e. The minimum Gasteiger partial charge on any atom is -0.444 e. The second-order valence-electron chi connectivity index (χ2n) is 6.45. The number of rotatable bonds is 2. The van der Waals surface area contributed by atoms with Gasteiger partial charge in [-0.1, -0.05) is 23.7 Å². The van der Waals surface area contributed by atoms with Crippen LogP contribution < -0.4 is 0 Å². The van der Waals surface area contributed by atoms with Gasteiger partial charge in [-0.2, -0.15) is 0 Å². The highest BCUT2D eigenvalue weighted by atomic mass is 35.5. The molecule has 1 aliphatic rings. The number of methoxy groups -OCH3 is 1. The third kappa shape index (κ3) is 3.36. The first-order valence-electron chi connectivity index (χ1n) is 7.16. The van der Waals surface area contributed by atoms with Gasteiger partial charge < -0.3 is 14.4 Å². The summed E-state index contributed by atoms with van der Waals surface area (Å²) in [4.78, 5) is 13.7. The van der Waals surface area contributed by atoms with E-state index in [0.717, 1.165) is 0 Å². The number of ether oxygens (including phenoxy) is 2. The number of amides is 1. The quantitative estimate of drug-likeness (QED) is 0.824. The summed E-state index contributed by atoms with van der Waals surface area (Å²) in [5.41, 5.74) is -1.10. The largest absolute Gasteiger partial charge is 0.444 e. The summed E-state index contributed by atoms with van der Waals surface area (Å²) in [7, 11) is 1.51. The molecule has 0 N–H and O–H groups in total. The lowest BCUT2D eigenvalue weighted by Gasteiger charge is -2.30. The molecular formula is C16H21ClFNO3. The van der Waals surface area contributed by atoms with Crippen LogP contribution in [-0.4, -0.2) is 36.8 Å². The fourth-order valence-corrected chi connectivity index (χ4v) is 2.79. The molecule has 1 aliphatic heterocycles. The fourth-order valence-electron chi connectivity index (χ4n) is 2.62. The molecule has 122 valence electrons. The van der Waals surface area contributed by atoms with Crippen molar-refractivity contribution in [1.82, 2.24) is 4.90 Å². The third-order valence-electron chi connectivity index (χ3n) is 3.72. The van der Waals surface area contributed by atoms with Gasteiger partial charge in [0.25, 0.3) is 0 Å². The second kappa shape index (κ2) is 6.05. The SMILES string of the molecule is CO[C@@]1(c2cccc(Cl)c2F)CCN(C(=O)OC(C)(C)C)C1. The molecule has 0 unspecified atom stereocenters. The van der Waals surface area contributed by atoms with Crippen LogP contribution in [-0.2, 0) is 15.1 Å². The van der Waals surface area contributed by atoms with Crippen molar-refractivity contribution in [2.75, 3.05) is 20.2 Å². The summed E-state index contributed by atoms with van der Waals surface area (Å²) in [5, 5.41) is 0.0460. The van der Waals surface area contributed by atoms with Crippen molar-refractivity contribution in [3.8, 4) is 0 Å². The van der Waals surface area contributed by atoms with Crippen molar-refractivity contribution in [3.63, 3.8) is 0 Å². The molecule has 0 aliphatic carbocycles. The summed E-state index contributed by atoms with van der Waals surface area (Å²) in [6.07, 6.45) is 0.0638. The predicted molar refractivity (Wildman–Crippen MR) is 82.5 cm³/mol. The van der Waals surface area contributed by atoms with Crippen molar-refractivity contribution in [3.05, 3.63) is 34.6 Å². The number of nitrogens with zero attached hydrogens (tertiary/aromatic N) is 1. The van der Waals surface area contributed by atoms with E-state index in [-0.39, 0.29) is 11.6 Å². The number of likely N-dealkylation sites (tertiary alicyclic amines) is 1. The van der Waals surface area contributed by atoms with Gasteiger partial charge in [0.1, 0.15) is 17.0 Å². The average Bonchev–Trinajstić information content (AvgIpc) is 2.86. The molecule has 1 saturated heterocycles. The van der Waals surface area contributed by atoms with Crippen LogP contribution in [0.15, 0.2) is 18.2 Å². The van der Waals surface area contributed by atoms with Crippen molar-refractivity contribution in [2.24, 2.45) is 0 Å². The molecule has 0 bridgehead atoms. The van der Waals surface area contributed by atoms with Crippen molar-refractivity contribution >= 4 is 17.7 Å². The maximum atomic E-state index is 14.3. The van der Waals surface area contributed by atoms with E-state index in [1.807, 2.05) is 0 Å². The molecule has 4 nitrogen and oxygen atoms in total. The molecule has 1 atom stereocenters. The van der Waals surface area contributed by atoms with Gasteiger partial charge in [0.2, 0.25) is 0 Å². The van der Waals surface area contributed by atoms with Gasteiger partial charge in [-0.25, -0.2) is 9.18 Å². The van der Waals surface area contributed by atoms with E-state index < -0.39 is 23.1 Å². The summed E-state index contributed by atoms with van der Waals surface area (Å²) in [5.74, 6) is -0.503. The first-order chi connectivity index (χ1) is 10.2. The highest BCUT2D eigenvalue weighted by Crippen LogP contribution is 2.38. The van der Waals surface area contributed by atoms with E-state index in [9.17, 15) is 9.18 Å². The van der Waals surface area contributed by atoms with E-state index >= 15 is 0 Å².